The van der Waals surface area contributed by atoms with Crippen LogP contribution < -0.4 is 10.6 Å². The van der Waals surface area contributed by atoms with Gasteiger partial charge < -0.3 is 10.6 Å². The van der Waals surface area contributed by atoms with Gasteiger partial charge in [0.1, 0.15) is 5.82 Å². The molecule has 1 amide bonds. The second kappa shape index (κ2) is 7.65. The summed E-state index contributed by atoms with van der Waals surface area (Å²) in [6.07, 6.45) is 0. The third kappa shape index (κ3) is 4.72. The number of benzene rings is 2. The van der Waals surface area contributed by atoms with Crippen LogP contribution in [0.2, 0.25) is 0 Å². The number of hydrogen-bond donors (Lipinski definition) is 2. The Labute approximate surface area is 134 Å². The molecule has 1 unspecified atom stereocenters. The van der Waals surface area contributed by atoms with E-state index in [1.807, 2.05) is 0 Å². The van der Waals surface area contributed by atoms with Gasteiger partial charge in [0.25, 0.3) is 0 Å². The molecule has 0 aliphatic heterocycles. The van der Waals surface area contributed by atoms with E-state index in [0.29, 0.717) is 16.8 Å². The largest absolute Gasteiger partial charge is 0.325 e. The summed E-state index contributed by atoms with van der Waals surface area (Å²) in [7, 11) is 0. The van der Waals surface area contributed by atoms with Gasteiger partial charge in [-0.2, -0.15) is 0 Å². The Morgan fingerprint density at radius 3 is 2.57 bits per heavy atom. The summed E-state index contributed by atoms with van der Waals surface area (Å²) < 4.78 is 13.7. The quantitative estimate of drug-likeness (QED) is 0.804. The van der Waals surface area contributed by atoms with Gasteiger partial charge in [-0.25, -0.2) is 4.39 Å². The fourth-order valence-electron chi connectivity index (χ4n) is 2.20. The predicted molar refractivity (Wildman–Crippen MR) is 87.9 cm³/mol. The molecule has 0 spiro atoms. The monoisotopic (exact) mass is 314 g/mol. The van der Waals surface area contributed by atoms with Crippen molar-refractivity contribution in [2.75, 3.05) is 11.9 Å². The topological polar surface area (TPSA) is 58.2 Å². The Morgan fingerprint density at radius 2 is 1.87 bits per heavy atom. The molecule has 23 heavy (non-hydrogen) atoms. The highest BCUT2D eigenvalue weighted by molar-refractivity contribution is 5.97. The van der Waals surface area contributed by atoms with E-state index in [2.05, 4.69) is 10.6 Å². The Balaban J connectivity index is 1.91. The molecule has 120 valence electrons. The van der Waals surface area contributed by atoms with Crippen molar-refractivity contribution >= 4 is 17.4 Å². The van der Waals surface area contributed by atoms with Crippen molar-refractivity contribution in [3.05, 3.63) is 65.5 Å². The van der Waals surface area contributed by atoms with E-state index in [-0.39, 0.29) is 30.1 Å². The average Bonchev–Trinajstić information content (AvgIpc) is 2.53. The van der Waals surface area contributed by atoms with Crippen molar-refractivity contribution in [2.24, 2.45) is 0 Å². The second-order valence-electron chi connectivity index (χ2n) is 5.31. The first-order chi connectivity index (χ1) is 11.0. The standard InChI is InChI=1S/C18H19FN2O2/c1-12(16-8-3-4-9-17(16)19)20-11-18(23)21-15-7-5-6-14(10-15)13(2)22/h3-10,12,20H,11H2,1-2H3,(H,21,23). The number of ketones is 1. The van der Waals surface area contributed by atoms with Gasteiger partial charge >= 0.3 is 0 Å². The first kappa shape index (κ1) is 16.8. The summed E-state index contributed by atoms with van der Waals surface area (Å²) in [5.41, 5.74) is 1.61. The number of anilines is 1. The van der Waals surface area contributed by atoms with Gasteiger partial charge in [-0.15, -0.1) is 0 Å². The number of rotatable bonds is 6. The Bertz CT molecular complexity index is 716. The van der Waals surface area contributed by atoms with Crippen LogP contribution in [0.4, 0.5) is 10.1 Å². The van der Waals surface area contributed by atoms with Gasteiger partial charge in [-0.05, 0) is 32.0 Å². The van der Waals surface area contributed by atoms with Crippen molar-refractivity contribution in [1.29, 1.82) is 0 Å². The summed E-state index contributed by atoms with van der Waals surface area (Å²) in [5.74, 6) is -0.622. The fraction of sp³-hybridized carbons (Fsp3) is 0.222. The summed E-state index contributed by atoms with van der Waals surface area (Å²) in [5, 5.41) is 5.69. The molecule has 2 aromatic carbocycles. The van der Waals surface area contributed by atoms with Crippen molar-refractivity contribution in [3.63, 3.8) is 0 Å². The Morgan fingerprint density at radius 1 is 1.13 bits per heavy atom. The van der Waals surface area contributed by atoms with Crippen LogP contribution in [0.25, 0.3) is 0 Å². The molecule has 0 aliphatic rings. The summed E-state index contributed by atoms with van der Waals surface area (Å²) in [6.45, 7) is 3.31. The lowest BCUT2D eigenvalue weighted by molar-refractivity contribution is -0.115. The zero-order valence-electron chi connectivity index (χ0n) is 13.1. The molecule has 0 saturated carbocycles. The lowest BCUT2D eigenvalue weighted by Crippen LogP contribution is -2.30. The average molecular weight is 314 g/mol. The van der Waals surface area contributed by atoms with Crippen LogP contribution in [-0.2, 0) is 4.79 Å². The summed E-state index contributed by atoms with van der Waals surface area (Å²) in [6, 6.07) is 12.9. The van der Waals surface area contributed by atoms with Crippen LogP contribution in [0.1, 0.15) is 35.8 Å². The van der Waals surface area contributed by atoms with Gasteiger partial charge in [0.2, 0.25) is 5.91 Å². The van der Waals surface area contributed by atoms with Gasteiger partial charge in [0.05, 0.1) is 6.54 Å². The molecule has 0 bridgehead atoms. The van der Waals surface area contributed by atoms with Gasteiger partial charge in [0, 0.05) is 22.9 Å². The molecule has 0 fully saturated rings. The molecule has 0 saturated heterocycles. The number of carbonyl (C=O) groups is 2. The first-order valence-corrected chi connectivity index (χ1v) is 7.36. The molecule has 2 rings (SSSR count). The fourth-order valence-corrected chi connectivity index (χ4v) is 2.20. The predicted octanol–water partition coefficient (Wildman–Crippen LogP) is 3.32. The molecular formula is C18H19FN2O2. The van der Waals surface area contributed by atoms with E-state index in [9.17, 15) is 14.0 Å². The molecule has 4 nitrogen and oxygen atoms in total. The molecule has 0 aromatic heterocycles. The Hall–Kier alpha value is -2.53. The molecular weight excluding hydrogens is 295 g/mol. The number of amides is 1. The van der Waals surface area contributed by atoms with E-state index in [1.54, 1.807) is 49.4 Å². The van der Waals surface area contributed by atoms with Crippen molar-refractivity contribution in [1.82, 2.24) is 5.32 Å². The maximum Gasteiger partial charge on any atom is 0.238 e. The van der Waals surface area contributed by atoms with Crippen LogP contribution in [0.15, 0.2) is 48.5 Å². The number of carbonyl (C=O) groups excluding carboxylic acids is 2. The molecule has 0 radical (unpaired) electrons. The zero-order valence-corrected chi connectivity index (χ0v) is 13.1. The molecule has 1 atom stereocenters. The molecule has 2 N–H and O–H groups in total. The van der Waals surface area contributed by atoms with Crippen LogP contribution in [0.5, 0.6) is 0 Å². The summed E-state index contributed by atoms with van der Waals surface area (Å²) in [4.78, 5) is 23.3. The molecule has 0 heterocycles. The van der Waals surface area contributed by atoms with E-state index in [4.69, 9.17) is 0 Å². The zero-order chi connectivity index (χ0) is 16.8. The van der Waals surface area contributed by atoms with Crippen LogP contribution >= 0.6 is 0 Å². The molecule has 2 aromatic rings. The van der Waals surface area contributed by atoms with Crippen LogP contribution in [0.3, 0.4) is 0 Å². The highest BCUT2D eigenvalue weighted by atomic mass is 19.1. The van der Waals surface area contributed by atoms with E-state index >= 15 is 0 Å². The lowest BCUT2D eigenvalue weighted by Gasteiger charge is -2.15. The molecule has 0 aliphatic carbocycles. The highest BCUT2D eigenvalue weighted by Crippen LogP contribution is 2.16. The number of hydrogen-bond acceptors (Lipinski definition) is 3. The minimum Gasteiger partial charge on any atom is -0.325 e. The van der Waals surface area contributed by atoms with E-state index < -0.39 is 0 Å². The first-order valence-electron chi connectivity index (χ1n) is 7.36. The minimum absolute atomic E-state index is 0.0415. The van der Waals surface area contributed by atoms with E-state index in [0.717, 1.165) is 0 Å². The molecule has 5 heteroatoms. The normalized spacial score (nSPS) is 11.8. The smallest absolute Gasteiger partial charge is 0.238 e. The number of Topliss-reactive ketones (excluding diaryl/α,β-unsaturated/α-hetero) is 1. The lowest BCUT2D eigenvalue weighted by atomic mass is 10.1. The van der Waals surface area contributed by atoms with Crippen molar-refractivity contribution < 1.29 is 14.0 Å². The van der Waals surface area contributed by atoms with Gasteiger partial charge in [0.15, 0.2) is 5.78 Å². The second-order valence-corrected chi connectivity index (χ2v) is 5.31. The van der Waals surface area contributed by atoms with Gasteiger partial charge in [-0.3, -0.25) is 9.59 Å². The SMILES string of the molecule is CC(=O)c1cccc(NC(=O)CNC(C)c2ccccc2F)c1. The number of halogens is 1. The minimum atomic E-state index is -0.304. The van der Waals surface area contributed by atoms with Crippen molar-refractivity contribution in [3.8, 4) is 0 Å². The maximum atomic E-state index is 13.7. The highest BCUT2D eigenvalue weighted by Gasteiger charge is 2.11. The Kier molecular flexibility index (Phi) is 5.60. The van der Waals surface area contributed by atoms with Crippen LogP contribution in [-0.4, -0.2) is 18.2 Å². The van der Waals surface area contributed by atoms with E-state index in [1.165, 1.54) is 13.0 Å². The van der Waals surface area contributed by atoms with Crippen molar-refractivity contribution in [2.45, 2.75) is 19.9 Å². The maximum absolute atomic E-state index is 13.7. The third-order valence-corrected chi connectivity index (χ3v) is 3.49. The van der Waals surface area contributed by atoms with Gasteiger partial charge in [-0.1, -0.05) is 30.3 Å². The van der Waals surface area contributed by atoms with Crippen LogP contribution in [0, 0.1) is 5.82 Å². The summed E-state index contributed by atoms with van der Waals surface area (Å²) >= 11 is 0. The third-order valence-electron chi connectivity index (χ3n) is 3.49. The number of nitrogens with one attached hydrogen (secondary N) is 2.